The van der Waals surface area contributed by atoms with Crippen LogP contribution in [0.3, 0.4) is 0 Å². The fourth-order valence-electron chi connectivity index (χ4n) is 18.3. The second kappa shape index (κ2) is 37.2. The van der Waals surface area contributed by atoms with E-state index in [0.717, 1.165) is 150 Å². The maximum atomic E-state index is 12.8. The first-order chi connectivity index (χ1) is 58.5. The van der Waals surface area contributed by atoms with Crippen molar-refractivity contribution in [3.63, 3.8) is 0 Å². The number of aryl methyl sites for hydroxylation is 2. The zero-order chi connectivity index (χ0) is 84.1. The van der Waals surface area contributed by atoms with Crippen molar-refractivity contribution in [3.05, 3.63) is 160 Å². The number of halogens is 3. The van der Waals surface area contributed by atoms with E-state index in [1.54, 1.807) is 24.4 Å². The molecule has 25 nitrogen and oxygen atoms in total. The first-order valence-electron chi connectivity index (χ1n) is 43.9. The number of aromatic nitrogens is 15. The molecule has 121 heavy (non-hydrogen) atoms. The highest BCUT2D eigenvalue weighted by molar-refractivity contribution is 6.30. The zero-order valence-electron chi connectivity index (χ0n) is 70.2. The van der Waals surface area contributed by atoms with Gasteiger partial charge in [-0.15, -0.1) is 0 Å². The Hall–Kier alpha value is -10.2. The van der Waals surface area contributed by atoms with Gasteiger partial charge in [0.05, 0.1) is 6.42 Å². The fraction of sp³-hybridized carbons (Fsp3) is 0.495. The Morgan fingerprint density at radius 2 is 0.802 bits per heavy atom. The Kier molecular flexibility index (Phi) is 26.0. The van der Waals surface area contributed by atoms with Gasteiger partial charge in [-0.05, 0) is 242 Å². The quantitative estimate of drug-likeness (QED) is 0.0418. The number of pyridine rings is 5. The number of amides is 5. The number of rotatable bonds is 21. The van der Waals surface area contributed by atoms with Crippen LogP contribution >= 0.6 is 34.8 Å². The minimum Gasteiger partial charge on any atom is -0.296 e. The number of carbonyl (C=O) groups is 5. The summed E-state index contributed by atoms with van der Waals surface area (Å²) in [5.41, 5.74) is 11.7. The minimum atomic E-state index is -0.0779. The third kappa shape index (κ3) is 19.8. The van der Waals surface area contributed by atoms with E-state index in [9.17, 15) is 24.0 Å². The summed E-state index contributed by atoms with van der Waals surface area (Å²) in [6.07, 6.45) is 33.8. The molecule has 2 bridgehead atoms. The van der Waals surface area contributed by atoms with E-state index in [-0.39, 0.29) is 35.0 Å². The van der Waals surface area contributed by atoms with Crippen LogP contribution in [0, 0.1) is 41.4 Å². The molecule has 9 aliphatic carbocycles. The maximum Gasteiger partial charge on any atom is 0.231 e. The molecule has 0 radical (unpaired) electrons. The Labute approximate surface area is 721 Å². The standard InChI is InChI=1S/C21H28N4O.C19H19ClN4O.C19H20N4O.C18H23ClN4O.C16H21ClN4O/c1-21(2)14-9-8-13(16(21)12-14)11-18(26)24-20-23-17-7-4-10-22-19(17)25(20)15-5-3-6-15;1-12-5-7-13(8-6-12)11-17(25)23-19-21-15-9-10-16(20)22-18(15)24(19)14-3-2-4-14;24-17(12-11-14-6-2-1-3-7-14)22-19-21-16-10-5-13-20-18(16)23(19)15-8-4-9-15;19-15-10-9-14-17(21-15)23(13-6-3-7-13)18(20-14)22-16(24)11-8-12-4-1-2-5-12;1-16(2,3)9-13(22)20-15-18-11-7-8-12(17)19-14(11)21(15)10-5-4-6-10/h4,7,10,13-16H,3,5-6,8-9,11-12H2,1-2H3,(H,23,24,26);5-10,14H,2-4,11H2,1H3,(H,21,23,25);1-3,5-7,10,13,15H,4,8-9,11-12H2,(H,21,22,24);9-10,12-13H,1-8,11H2,(H,20,22,24);7-8,10H,4-6,9H2,1-3H3,(H,18,20,22)/t13-,14-,16-;;;;/m0..../s1. The molecule has 28 heteroatoms. The molecule has 0 unspecified atom stereocenters. The number of nitrogens with zero attached hydrogens (tertiary/aromatic N) is 15. The molecule has 10 heterocycles. The van der Waals surface area contributed by atoms with Gasteiger partial charge in [-0.2, -0.15) is 0 Å². The second-order valence-electron chi connectivity index (χ2n) is 36.3. The van der Waals surface area contributed by atoms with Crippen LogP contribution in [0.4, 0.5) is 29.7 Å². The van der Waals surface area contributed by atoms with Gasteiger partial charge in [0.1, 0.15) is 43.0 Å². The fourth-order valence-corrected chi connectivity index (χ4v) is 18.8. The smallest absolute Gasteiger partial charge is 0.231 e. The lowest BCUT2D eigenvalue weighted by Gasteiger charge is -2.60. The third-order valence-electron chi connectivity index (χ3n) is 26.2. The molecule has 0 saturated heterocycles. The van der Waals surface area contributed by atoms with Crippen LogP contribution in [-0.2, 0) is 36.8 Å². The summed E-state index contributed by atoms with van der Waals surface area (Å²) in [5.74, 6) is 6.00. The van der Waals surface area contributed by atoms with Crippen LogP contribution in [0.15, 0.2) is 128 Å². The van der Waals surface area contributed by atoms with Gasteiger partial charge in [0.15, 0.2) is 28.2 Å². The second-order valence-corrected chi connectivity index (χ2v) is 37.5. The number of hydrogen-bond acceptors (Lipinski definition) is 15. The number of hydrogen-bond donors (Lipinski definition) is 5. The predicted molar refractivity (Wildman–Crippen MR) is 478 cm³/mol. The summed E-state index contributed by atoms with van der Waals surface area (Å²) in [5, 5.41) is 16.4. The van der Waals surface area contributed by atoms with Crippen LogP contribution in [0.2, 0.25) is 15.5 Å². The summed E-state index contributed by atoms with van der Waals surface area (Å²) < 4.78 is 10.4. The van der Waals surface area contributed by atoms with E-state index >= 15 is 0 Å². The van der Waals surface area contributed by atoms with E-state index in [1.165, 1.54) is 88.2 Å². The number of benzene rings is 2. The molecule has 21 rings (SSSR count). The van der Waals surface area contributed by atoms with Crippen molar-refractivity contribution >= 4 is 150 Å². The molecular formula is C93H111Cl3N20O5. The van der Waals surface area contributed by atoms with Gasteiger partial charge >= 0.3 is 0 Å². The van der Waals surface area contributed by atoms with Gasteiger partial charge in [0.2, 0.25) is 59.3 Å². The van der Waals surface area contributed by atoms with Crippen LogP contribution in [0.25, 0.3) is 55.8 Å². The van der Waals surface area contributed by atoms with Crippen molar-refractivity contribution in [3.8, 4) is 0 Å². The molecule has 10 aromatic heterocycles. The van der Waals surface area contributed by atoms with Crippen LogP contribution < -0.4 is 26.6 Å². The summed E-state index contributed by atoms with van der Waals surface area (Å²) in [6, 6.07) is 38.3. The highest BCUT2D eigenvalue weighted by Gasteiger charge is 2.54. The summed E-state index contributed by atoms with van der Waals surface area (Å²) >= 11 is 18.1. The minimum absolute atomic E-state index is 0.00488. The number of imidazole rings is 5. The number of fused-ring (bicyclic) bond motifs is 7. The lowest BCUT2D eigenvalue weighted by atomic mass is 9.45. The average molecular weight is 1700 g/mol. The lowest BCUT2D eigenvalue weighted by Crippen LogP contribution is -2.52. The first-order valence-corrected chi connectivity index (χ1v) is 45.0. The Balaban J connectivity index is 0.000000113. The van der Waals surface area contributed by atoms with Crippen molar-refractivity contribution in [1.29, 1.82) is 0 Å². The summed E-state index contributed by atoms with van der Waals surface area (Å²) in [7, 11) is 0. The topological polar surface area (TPSA) is 299 Å². The molecule has 2 aromatic carbocycles. The highest BCUT2D eigenvalue weighted by Crippen LogP contribution is 2.62. The summed E-state index contributed by atoms with van der Waals surface area (Å²) in [4.78, 5) is 107. The number of anilines is 5. The van der Waals surface area contributed by atoms with Gasteiger partial charge in [0, 0.05) is 68.3 Å². The average Bonchev–Trinajstić information content (AvgIpc) is 1.73. The van der Waals surface area contributed by atoms with E-state index in [2.05, 4.69) is 104 Å². The van der Waals surface area contributed by atoms with Crippen LogP contribution in [0.5, 0.6) is 0 Å². The first kappa shape index (κ1) is 84.4. The molecule has 9 fully saturated rings. The van der Waals surface area contributed by atoms with E-state index < -0.39 is 0 Å². The molecule has 634 valence electrons. The number of nitrogens with one attached hydrogen (secondary N) is 5. The third-order valence-corrected chi connectivity index (χ3v) is 26.9. The van der Waals surface area contributed by atoms with Gasteiger partial charge in [-0.3, -0.25) is 73.4 Å². The van der Waals surface area contributed by atoms with Crippen LogP contribution in [-0.4, -0.2) is 102 Å². The van der Waals surface area contributed by atoms with Gasteiger partial charge in [-0.1, -0.05) is 155 Å². The predicted octanol–water partition coefficient (Wildman–Crippen LogP) is 21.5. The van der Waals surface area contributed by atoms with Crippen molar-refractivity contribution < 1.29 is 24.0 Å². The van der Waals surface area contributed by atoms with E-state index in [1.807, 2.05) is 140 Å². The molecule has 12 aromatic rings. The molecule has 9 saturated carbocycles. The Bertz CT molecular complexity index is 5700. The van der Waals surface area contributed by atoms with E-state index in [4.69, 9.17) is 34.8 Å². The zero-order valence-corrected chi connectivity index (χ0v) is 72.5. The molecule has 0 spiro atoms. The van der Waals surface area contributed by atoms with Gasteiger partial charge in [-0.25, -0.2) is 49.8 Å². The van der Waals surface area contributed by atoms with Crippen molar-refractivity contribution in [2.45, 2.75) is 258 Å². The molecular weight excluding hydrogens is 1580 g/mol. The molecule has 3 atom stereocenters. The monoisotopic (exact) mass is 1690 g/mol. The van der Waals surface area contributed by atoms with Crippen LogP contribution in [0.1, 0.15) is 255 Å². The molecule has 0 aliphatic heterocycles. The normalized spacial score (nSPS) is 18.9. The molecule has 9 aliphatic rings. The molecule has 5 amide bonds. The molecule has 5 N–H and O–H groups in total. The SMILES string of the molecule is CC(C)(C)CC(=O)Nc1nc2ccc(Cl)nc2n1C1CCC1.CC1(C)[C@H]2CC[C@@H](CC(=O)Nc3nc4cccnc4n3C3CCC3)[C@@H]1C2.Cc1ccc(CC(=O)Nc2nc3ccc(Cl)nc3n2C2CCC2)cc1.O=C(CCC1CCCC1)Nc1nc2ccc(Cl)nc2n1C1CCC1.O=C(CCc1ccccc1)Nc1nc2cccnc2n1C1CCC1. The Morgan fingerprint density at radius 1 is 0.405 bits per heavy atom. The maximum absolute atomic E-state index is 12.8. The van der Waals surface area contributed by atoms with Crippen molar-refractivity contribution in [2.75, 3.05) is 26.6 Å². The summed E-state index contributed by atoms with van der Waals surface area (Å²) in [6.45, 7) is 12.9. The van der Waals surface area contributed by atoms with Gasteiger partial charge < -0.3 is 0 Å². The highest BCUT2D eigenvalue weighted by atomic mass is 35.5. The number of carbonyl (C=O) groups excluding carboxylic acids is 5. The largest absolute Gasteiger partial charge is 0.296 e. The van der Waals surface area contributed by atoms with Crippen molar-refractivity contribution in [1.82, 2.24) is 72.7 Å². The van der Waals surface area contributed by atoms with E-state index in [0.29, 0.717) is 125 Å². The van der Waals surface area contributed by atoms with Gasteiger partial charge in [0.25, 0.3) is 0 Å². The Morgan fingerprint density at radius 3 is 1.21 bits per heavy atom. The van der Waals surface area contributed by atoms with Crippen molar-refractivity contribution in [2.24, 2.45) is 34.5 Å². The lowest BCUT2D eigenvalue weighted by molar-refractivity contribution is -0.129.